The first-order chi connectivity index (χ1) is 13.4. The first kappa shape index (κ1) is 19.8. The molecule has 0 aliphatic rings. The Morgan fingerprint density at radius 3 is 2.71 bits per heavy atom. The van der Waals surface area contributed by atoms with Crippen molar-refractivity contribution in [2.45, 2.75) is 39.8 Å². The maximum atomic E-state index is 12.6. The highest BCUT2D eigenvalue weighted by Gasteiger charge is 2.25. The van der Waals surface area contributed by atoms with E-state index < -0.39 is 5.97 Å². The van der Waals surface area contributed by atoms with Gasteiger partial charge in [0, 0.05) is 12.5 Å². The quantitative estimate of drug-likeness (QED) is 0.463. The van der Waals surface area contributed by atoms with Gasteiger partial charge in [-0.25, -0.2) is 23.9 Å². The molecule has 0 atom stereocenters. The van der Waals surface area contributed by atoms with Crippen LogP contribution in [-0.4, -0.2) is 31.4 Å². The third-order valence-corrected chi connectivity index (χ3v) is 4.85. The number of carbonyl (C=O) groups is 2. The van der Waals surface area contributed by atoms with E-state index in [1.165, 1.54) is 6.20 Å². The summed E-state index contributed by atoms with van der Waals surface area (Å²) in [4.78, 5) is 31.8. The molecule has 0 radical (unpaired) electrons. The van der Waals surface area contributed by atoms with Crippen LogP contribution in [-0.2, 0) is 19.5 Å². The number of carbonyl (C=O) groups excluding carboxylic acids is 1. The fourth-order valence-electron chi connectivity index (χ4n) is 3.43. The number of rotatable bonds is 7. The standard InChI is InChI=1S/C19H20ClN5O3/c1-3-24-12-6-5-11(19(27)28)9-13(12)25(4-2)16(24)8-7-14(26)17-18(21)22-10-15(20)23-17/h5-6,9-10H,3-4,7-8H2,1-2H3,(H2-,21,22,26,27,28)/p+1. The van der Waals surface area contributed by atoms with Crippen LogP contribution >= 0.6 is 11.6 Å². The molecule has 3 aromatic rings. The average molecular weight is 403 g/mol. The summed E-state index contributed by atoms with van der Waals surface area (Å²) in [5, 5.41) is 9.41. The molecule has 0 bridgehead atoms. The number of aromatic carboxylic acids is 1. The van der Waals surface area contributed by atoms with Gasteiger partial charge in [0.25, 0.3) is 5.82 Å². The van der Waals surface area contributed by atoms with Crippen molar-refractivity contribution >= 4 is 40.2 Å². The Bertz CT molecular complexity index is 1080. The second kappa shape index (κ2) is 7.93. The number of nitrogens with zero attached hydrogens (tertiary/aromatic N) is 4. The van der Waals surface area contributed by atoms with Crippen molar-refractivity contribution < 1.29 is 19.3 Å². The van der Waals surface area contributed by atoms with Crippen molar-refractivity contribution in [3.63, 3.8) is 0 Å². The Hall–Kier alpha value is -3.00. The van der Waals surface area contributed by atoms with E-state index in [1.54, 1.807) is 18.2 Å². The van der Waals surface area contributed by atoms with Crippen LogP contribution in [0.4, 0.5) is 5.82 Å². The summed E-state index contributed by atoms with van der Waals surface area (Å²) in [5.74, 6) is -0.223. The number of carboxylic acids is 1. The Morgan fingerprint density at radius 1 is 1.32 bits per heavy atom. The number of aromatic nitrogens is 4. The number of nitrogens with two attached hydrogens (primary N) is 1. The number of nitrogen functional groups attached to an aromatic ring is 1. The second-order valence-electron chi connectivity index (χ2n) is 6.26. The number of aryl methyl sites for hydroxylation is 2. The van der Waals surface area contributed by atoms with Gasteiger partial charge in [-0.15, -0.1) is 0 Å². The van der Waals surface area contributed by atoms with E-state index in [0.717, 1.165) is 16.9 Å². The number of hydrogen-bond acceptors (Lipinski definition) is 5. The number of anilines is 1. The van der Waals surface area contributed by atoms with E-state index in [2.05, 4.69) is 14.5 Å². The van der Waals surface area contributed by atoms with Gasteiger partial charge in [0.15, 0.2) is 22.6 Å². The van der Waals surface area contributed by atoms with Crippen LogP contribution in [0.25, 0.3) is 11.0 Å². The third-order valence-electron chi connectivity index (χ3n) is 4.67. The Labute approximate surface area is 166 Å². The van der Waals surface area contributed by atoms with Crippen molar-refractivity contribution in [1.29, 1.82) is 0 Å². The lowest BCUT2D eigenvalue weighted by Crippen LogP contribution is -2.37. The number of imidazole rings is 1. The van der Waals surface area contributed by atoms with Crippen LogP contribution in [0.3, 0.4) is 0 Å². The second-order valence-corrected chi connectivity index (χ2v) is 6.65. The third kappa shape index (κ3) is 3.55. The average Bonchev–Trinajstić information content (AvgIpc) is 2.99. The van der Waals surface area contributed by atoms with Gasteiger partial charge in [0.2, 0.25) is 0 Å². The molecule has 0 aliphatic carbocycles. The molecule has 2 heterocycles. The molecule has 1 aromatic carbocycles. The smallest absolute Gasteiger partial charge is 0.335 e. The highest BCUT2D eigenvalue weighted by molar-refractivity contribution is 6.29. The molecule has 0 amide bonds. The number of ketones is 1. The molecule has 146 valence electrons. The number of fused-ring (bicyclic) bond motifs is 1. The van der Waals surface area contributed by atoms with Crippen LogP contribution in [0.1, 0.15) is 46.9 Å². The zero-order chi connectivity index (χ0) is 20.4. The summed E-state index contributed by atoms with van der Waals surface area (Å²) in [6, 6.07) is 5.06. The Morgan fingerprint density at radius 2 is 2.07 bits per heavy atom. The van der Waals surface area contributed by atoms with Gasteiger partial charge in [-0.05, 0) is 26.0 Å². The zero-order valence-electron chi connectivity index (χ0n) is 15.6. The summed E-state index contributed by atoms with van der Waals surface area (Å²) >= 11 is 5.83. The summed E-state index contributed by atoms with van der Waals surface area (Å²) < 4.78 is 4.12. The molecule has 0 fully saturated rings. The number of halogens is 1. The van der Waals surface area contributed by atoms with Gasteiger partial charge in [0.05, 0.1) is 31.3 Å². The zero-order valence-corrected chi connectivity index (χ0v) is 16.4. The molecule has 0 unspecified atom stereocenters. The predicted octanol–water partition coefficient (Wildman–Crippen LogP) is 2.51. The first-order valence-corrected chi connectivity index (χ1v) is 9.34. The Kier molecular flexibility index (Phi) is 5.60. The van der Waals surface area contributed by atoms with Crippen LogP contribution in [0, 0.1) is 0 Å². The molecule has 0 spiro atoms. The lowest BCUT2D eigenvalue weighted by molar-refractivity contribution is -0.676. The van der Waals surface area contributed by atoms with Gasteiger partial charge >= 0.3 is 5.97 Å². The summed E-state index contributed by atoms with van der Waals surface area (Å²) in [6.45, 7) is 5.34. The Balaban J connectivity index is 1.99. The van der Waals surface area contributed by atoms with Crippen molar-refractivity contribution in [1.82, 2.24) is 14.5 Å². The molecule has 2 aromatic heterocycles. The van der Waals surface area contributed by atoms with Crippen LogP contribution in [0.5, 0.6) is 0 Å². The van der Waals surface area contributed by atoms with E-state index in [-0.39, 0.29) is 34.4 Å². The summed E-state index contributed by atoms with van der Waals surface area (Å²) in [7, 11) is 0. The number of hydrogen-bond donors (Lipinski definition) is 2. The van der Waals surface area contributed by atoms with E-state index in [1.807, 2.05) is 18.4 Å². The highest BCUT2D eigenvalue weighted by Crippen LogP contribution is 2.19. The van der Waals surface area contributed by atoms with Crippen molar-refractivity contribution in [2.24, 2.45) is 0 Å². The van der Waals surface area contributed by atoms with Crippen molar-refractivity contribution in [3.8, 4) is 0 Å². The molecular weight excluding hydrogens is 382 g/mol. The first-order valence-electron chi connectivity index (χ1n) is 8.96. The fourth-order valence-corrected chi connectivity index (χ4v) is 3.56. The summed E-state index contributed by atoms with van der Waals surface area (Å²) in [6.07, 6.45) is 1.93. The van der Waals surface area contributed by atoms with Crippen molar-refractivity contribution in [2.75, 3.05) is 5.73 Å². The minimum absolute atomic E-state index is 0.0555. The fraction of sp³-hybridized carbons (Fsp3) is 0.316. The molecule has 3 N–H and O–H groups in total. The summed E-state index contributed by atoms with van der Waals surface area (Å²) in [5.41, 5.74) is 7.82. The lowest BCUT2D eigenvalue weighted by Gasteiger charge is -2.04. The van der Waals surface area contributed by atoms with E-state index in [4.69, 9.17) is 17.3 Å². The van der Waals surface area contributed by atoms with E-state index in [0.29, 0.717) is 19.5 Å². The molecule has 8 nitrogen and oxygen atoms in total. The maximum absolute atomic E-state index is 12.6. The molecule has 9 heteroatoms. The molecule has 0 aliphatic heterocycles. The largest absolute Gasteiger partial charge is 0.478 e. The minimum Gasteiger partial charge on any atom is -0.478 e. The van der Waals surface area contributed by atoms with Crippen LogP contribution in [0.2, 0.25) is 5.15 Å². The van der Waals surface area contributed by atoms with Crippen LogP contribution < -0.4 is 10.3 Å². The van der Waals surface area contributed by atoms with Crippen LogP contribution in [0.15, 0.2) is 24.4 Å². The van der Waals surface area contributed by atoms with E-state index in [9.17, 15) is 14.7 Å². The monoisotopic (exact) mass is 402 g/mol. The molecule has 3 rings (SSSR count). The molecule has 0 saturated carbocycles. The lowest BCUT2D eigenvalue weighted by atomic mass is 10.1. The van der Waals surface area contributed by atoms with Gasteiger partial charge in [0.1, 0.15) is 10.8 Å². The van der Waals surface area contributed by atoms with Gasteiger partial charge in [-0.1, -0.05) is 11.6 Å². The van der Waals surface area contributed by atoms with Crippen molar-refractivity contribution in [3.05, 3.63) is 46.6 Å². The molecule has 28 heavy (non-hydrogen) atoms. The van der Waals surface area contributed by atoms with Gasteiger partial charge in [-0.2, -0.15) is 0 Å². The maximum Gasteiger partial charge on any atom is 0.335 e. The highest BCUT2D eigenvalue weighted by atomic mass is 35.5. The molecule has 0 saturated heterocycles. The molecular formula is C19H21ClN5O3+. The predicted molar refractivity (Wildman–Crippen MR) is 105 cm³/mol. The van der Waals surface area contributed by atoms with Gasteiger partial charge < -0.3 is 10.8 Å². The SMILES string of the molecule is CCn1c(CCC(=O)c2nc(Cl)cnc2N)[n+](CC)c2ccc(C(=O)O)cc21. The normalized spacial score (nSPS) is 11.1. The minimum atomic E-state index is -0.972. The van der Waals surface area contributed by atoms with Gasteiger partial charge in [-0.3, -0.25) is 4.79 Å². The number of carboxylic acid groups (broad SMARTS) is 1. The topological polar surface area (TPSA) is 115 Å². The number of Topliss-reactive ketones (excluding diaryl/α,β-unsaturated/α-hetero) is 1. The number of benzene rings is 1. The van der Waals surface area contributed by atoms with E-state index >= 15 is 0 Å².